The molecule has 30 heavy (non-hydrogen) atoms. The Labute approximate surface area is 184 Å². The van der Waals surface area contributed by atoms with E-state index in [1.165, 1.54) is 27.1 Å². The van der Waals surface area contributed by atoms with Gasteiger partial charge in [0.1, 0.15) is 9.88 Å². The Morgan fingerprint density at radius 3 is 2.53 bits per heavy atom. The highest BCUT2D eigenvalue weighted by atomic mass is 32.2. The van der Waals surface area contributed by atoms with E-state index in [0.29, 0.717) is 27.7 Å². The Bertz CT molecular complexity index is 1120. The molecule has 0 aliphatic carbocycles. The van der Waals surface area contributed by atoms with Gasteiger partial charge in [0.15, 0.2) is 0 Å². The summed E-state index contributed by atoms with van der Waals surface area (Å²) in [6.45, 7) is 8.18. The molecule has 0 bridgehead atoms. The topological polar surface area (TPSA) is 76.9 Å². The minimum absolute atomic E-state index is 0.146. The summed E-state index contributed by atoms with van der Waals surface area (Å²) < 4.78 is 1.32. The molecule has 0 spiro atoms. The summed E-state index contributed by atoms with van der Waals surface area (Å²) >= 11 is 3.04. The molecule has 2 aromatic heterocycles. The van der Waals surface area contributed by atoms with E-state index in [-0.39, 0.29) is 11.5 Å². The number of aromatic nitrogens is 3. The van der Waals surface area contributed by atoms with Crippen molar-refractivity contribution in [3.63, 3.8) is 0 Å². The van der Waals surface area contributed by atoms with Crippen LogP contribution in [-0.2, 0) is 12.8 Å². The summed E-state index contributed by atoms with van der Waals surface area (Å²) in [5.74, 6) is 1.60. The van der Waals surface area contributed by atoms with E-state index in [4.69, 9.17) is 0 Å². The van der Waals surface area contributed by atoms with E-state index in [0.717, 1.165) is 22.8 Å². The molecule has 6 nitrogen and oxygen atoms in total. The fourth-order valence-electron chi connectivity index (χ4n) is 3.01. The molecular formula is C22H26N4O2S2. The molecule has 0 aliphatic rings. The molecule has 1 aromatic carbocycles. The summed E-state index contributed by atoms with van der Waals surface area (Å²) in [5.41, 5.74) is 5.06. The first-order valence-corrected chi connectivity index (χ1v) is 11.7. The van der Waals surface area contributed by atoms with E-state index in [1.807, 2.05) is 13.8 Å². The monoisotopic (exact) mass is 442 g/mol. The summed E-state index contributed by atoms with van der Waals surface area (Å²) in [6.07, 6.45) is 0. The third-order valence-corrected chi connectivity index (χ3v) is 7.07. The van der Waals surface area contributed by atoms with Crippen LogP contribution in [0, 0.1) is 27.7 Å². The molecule has 1 amide bonds. The molecule has 0 saturated carbocycles. The maximum Gasteiger partial charge on any atom is 0.277 e. The van der Waals surface area contributed by atoms with Crippen molar-refractivity contribution in [3.8, 4) is 10.6 Å². The molecule has 3 rings (SSSR count). The number of amides is 1. The second-order valence-electron chi connectivity index (χ2n) is 7.24. The van der Waals surface area contributed by atoms with E-state index in [9.17, 15) is 9.59 Å². The molecule has 2 heterocycles. The van der Waals surface area contributed by atoms with Gasteiger partial charge in [0.25, 0.3) is 11.5 Å². The van der Waals surface area contributed by atoms with E-state index in [1.54, 1.807) is 25.7 Å². The number of aryl methyl sites for hydroxylation is 4. The van der Waals surface area contributed by atoms with Gasteiger partial charge < -0.3 is 5.32 Å². The number of carbonyl (C=O) groups is 1. The van der Waals surface area contributed by atoms with Crippen molar-refractivity contribution in [2.75, 3.05) is 12.3 Å². The van der Waals surface area contributed by atoms with Gasteiger partial charge in [-0.1, -0.05) is 29.8 Å². The number of carbonyl (C=O) groups excluding carboxylic acids is 1. The van der Waals surface area contributed by atoms with Crippen molar-refractivity contribution >= 4 is 29.0 Å². The predicted octanol–water partition coefficient (Wildman–Crippen LogP) is 3.80. The van der Waals surface area contributed by atoms with Crippen LogP contribution in [0.3, 0.4) is 0 Å². The standard InChI is InChI=1S/C22H26N4O2S2/c1-13-6-8-17(9-7-13)12-29-11-10-23-20(27)19-16(4)24-21(30-19)18-14(2)15(3)25-26(5)22(18)28/h6-9H,10-12H2,1-5H3,(H,23,27). The largest absolute Gasteiger partial charge is 0.350 e. The molecule has 0 unspecified atom stereocenters. The predicted molar refractivity (Wildman–Crippen MR) is 124 cm³/mol. The number of nitrogens with zero attached hydrogens (tertiary/aromatic N) is 3. The molecule has 1 N–H and O–H groups in total. The zero-order chi connectivity index (χ0) is 21.8. The first kappa shape index (κ1) is 22.2. The van der Waals surface area contributed by atoms with Crippen molar-refractivity contribution in [2.45, 2.75) is 33.4 Å². The number of thiazole rings is 1. The Morgan fingerprint density at radius 2 is 1.83 bits per heavy atom. The first-order chi connectivity index (χ1) is 14.3. The average molecular weight is 443 g/mol. The summed E-state index contributed by atoms with van der Waals surface area (Å²) in [5, 5.41) is 7.74. The van der Waals surface area contributed by atoms with Gasteiger partial charge in [0.2, 0.25) is 0 Å². The van der Waals surface area contributed by atoms with Gasteiger partial charge in [0, 0.05) is 25.1 Å². The maximum absolute atomic E-state index is 12.6. The lowest BCUT2D eigenvalue weighted by molar-refractivity contribution is 0.0959. The minimum Gasteiger partial charge on any atom is -0.350 e. The number of hydrogen-bond acceptors (Lipinski definition) is 6. The molecule has 0 saturated heterocycles. The van der Waals surface area contributed by atoms with Crippen LogP contribution >= 0.6 is 23.1 Å². The van der Waals surface area contributed by atoms with Crippen molar-refractivity contribution in [3.05, 3.63) is 67.6 Å². The minimum atomic E-state index is -0.202. The highest BCUT2D eigenvalue weighted by molar-refractivity contribution is 7.98. The van der Waals surface area contributed by atoms with E-state index < -0.39 is 0 Å². The van der Waals surface area contributed by atoms with Gasteiger partial charge in [0.05, 0.1) is 17.0 Å². The fraction of sp³-hybridized carbons (Fsp3) is 0.364. The highest BCUT2D eigenvalue weighted by Gasteiger charge is 2.20. The van der Waals surface area contributed by atoms with Crippen molar-refractivity contribution in [1.29, 1.82) is 0 Å². The van der Waals surface area contributed by atoms with Crippen molar-refractivity contribution < 1.29 is 4.79 Å². The lowest BCUT2D eigenvalue weighted by Gasteiger charge is -2.07. The highest BCUT2D eigenvalue weighted by Crippen LogP contribution is 2.28. The zero-order valence-corrected chi connectivity index (χ0v) is 19.5. The molecule has 3 aromatic rings. The molecular weight excluding hydrogens is 416 g/mol. The Kier molecular flexibility index (Phi) is 7.10. The van der Waals surface area contributed by atoms with Crippen LogP contribution in [0.25, 0.3) is 10.6 Å². The fourth-order valence-corrected chi connectivity index (χ4v) is 4.90. The number of hydrogen-bond donors (Lipinski definition) is 1. The number of benzene rings is 1. The van der Waals surface area contributed by atoms with Crippen LogP contribution in [0.1, 0.15) is 37.7 Å². The molecule has 0 fully saturated rings. The van der Waals surface area contributed by atoms with Crippen molar-refractivity contribution in [2.24, 2.45) is 7.05 Å². The molecule has 158 valence electrons. The van der Waals surface area contributed by atoms with Crippen LogP contribution in [0.4, 0.5) is 0 Å². The summed E-state index contributed by atoms with van der Waals surface area (Å²) in [4.78, 5) is 30.3. The van der Waals surface area contributed by atoms with Crippen LogP contribution in [0.2, 0.25) is 0 Å². The Hall–Kier alpha value is -2.45. The summed E-state index contributed by atoms with van der Waals surface area (Å²) in [7, 11) is 1.63. The first-order valence-electron chi connectivity index (χ1n) is 9.71. The van der Waals surface area contributed by atoms with Gasteiger partial charge >= 0.3 is 0 Å². The van der Waals surface area contributed by atoms with Gasteiger partial charge in [-0.3, -0.25) is 9.59 Å². The molecule has 0 atom stereocenters. The van der Waals surface area contributed by atoms with Crippen LogP contribution in [0.15, 0.2) is 29.1 Å². The normalized spacial score (nSPS) is 11.0. The third-order valence-electron chi connectivity index (χ3n) is 4.86. The van der Waals surface area contributed by atoms with Gasteiger partial charge in [-0.15, -0.1) is 11.3 Å². The second-order valence-corrected chi connectivity index (χ2v) is 9.35. The Morgan fingerprint density at radius 1 is 1.13 bits per heavy atom. The quantitative estimate of drug-likeness (QED) is 0.563. The number of nitrogens with one attached hydrogen (secondary N) is 1. The molecule has 0 aliphatic heterocycles. The lowest BCUT2D eigenvalue weighted by atomic mass is 10.1. The van der Waals surface area contributed by atoms with Gasteiger partial charge in [-0.2, -0.15) is 16.9 Å². The van der Waals surface area contributed by atoms with Gasteiger partial charge in [-0.05, 0) is 38.8 Å². The van der Waals surface area contributed by atoms with E-state index in [2.05, 4.69) is 46.6 Å². The smallest absolute Gasteiger partial charge is 0.277 e. The third kappa shape index (κ3) is 4.99. The summed E-state index contributed by atoms with van der Waals surface area (Å²) in [6, 6.07) is 8.49. The average Bonchev–Trinajstić information content (AvgIpc) is 3.09. The second kappa shape index (κ2) is 9.57. The van der Waals surface area contributed by atoms with E-state index >= 15 is 0 Å². The molecule has 8 heteroatoms. The van der Waals surface area contributed by atoms with Crippen LogP contribution < -0.4 is 10.9 Å². The lowest BCUT2D eigenvalue weighted by Crippen LogP contribution is -2.25. The SMILES string of the molecule is Cc1ccc(CSCCNC(=O)c2sc(-c3c(C)c(C)nn(C)c3=O)nc2C)cc1. The van der Waals surface area contributed by atoms with Gasteiger partial charge in [-0.25, -0.2) is 9.67 Å². The number of thioether (sulfide) groups is 1. The van der Waals surface area contributed by atoms with Crippen LogP contribution in [-0.4, -0.2) is 33.0 Å². The molecule has 0 radical (unpaired) electrons. The zero-order valence-electron chi connectivity index (χ0n) is 17.9. The Balaban J connectivity index is 1.62. The van der Waals surface area contributed by atoms with Crippen molar-refractivity contribution in [1.82, 2.24) is 20.1 Å². The number of rotatable bonds is 7. The van der Waals surface area contributed by atoms with Crippen LogP contribution in [0.5, 0.6) is 0 Å². The maximum atomic E-state index is 12.6.